The van der Waals surface area contributed by atoms with Crippen molar-refractivity contribution in [2.24, 2.45) is 5.92 Å². The number of allylic oxidation sites excluding steroid dienone is 1. The topological polar surface area (TPSA) is 82.6 Å². The number of nitrogens with zero attached hydrogens (tertiary/aromatic N) is 1. The fraction of sp³-hybridized carbons (Fsp3) is 0.417. The van der Waals surface area contributed by atoms with E-state index in [0.717, 1.165) is 0 Å². The van der Waals surface area contributed by atoms with E-state index < -0.39 is 10.9 Å². The molecule has 0 N–H and O–H groups in total. The molecule has 0 unspecified atom stereocenters. The Morgan fingerprint density at radius 2 is 2.17 bits per heavy atom. The van der Waals surface area contributed by atoms with Gasteiger partial charge in [0.05, 0.1) is 18.1 Å². The molecule has 0 aliphatic rings. The van der Waals surface area contributed by atoms with Crippen molar-refractivity contribution >= 4 is 12.0 Å². The Morgan fingerprint density at radius 1 is 1.56 bits per heavy atom. The quantitative estimate of drug-likeness (QED) is 0.468. The molecule has 1 heterocycles. The van der Waals surface area contributed by atoms with Crippen LogP contribution in [0, 0.1) is 23.0 Å². The molecule has 1 aromatic heterocycles. The fourth-order valence-corrected chi connectivity index (χ4v) is 1.46. The number of nitro groups is 1. The number of hydrogen-bond acceptors (Lipinski definition) is 5. The van der Waals surface area contributed by atoms with Gasteiger partial charge < -0.3 is 9.15 Å². The highest BCUT2D eigenvalue weighted by Crippen LogP contribution is 2.21. The van der Waals surface area contributed by atoms with Crippen LogP contribution in [-0.2, 0) is 4.74 Å². The molecular formula is C12H15NO5. The van der Waals surface area contributed by atoms with Gasteiger partial charge in [-0.2, -0.15) is 0 Å². The first kappa shape index (κ1) is 14.0. The van der Waals surface area contributed by atoms with E-state index in [4.69, 9.17) is 4.42 Å². The molecule has 0 amide bonds. The maximum absolute atomic E-state index is 11.4. The number of carbonyl (C=O) groups is 1. The van der Waals surface area contributed by atoms with Crippen molar-refractivity contribution in [3.05, 3.63) is 39.0 Å². The van der Waals surface area contributed by atoms with E-state index in [1.54, 1.807) is 20.8 Å². The van der Waals surface area contributed by atoms with Crippen LogP contribution in [0.1, 0.15) is 35.7 Å². The molecule has 0 saturated carbocycles. The van der Waals surface area contributed by atoms with E-state index in [1.165, 1.54) is 19.3 Å². The maximum atomic E-state index is 11.4. The zero-order chi connectivity index (χ0) is 13.9. The third-order valence-corrected chi connectivity index (χ3v) is 2.43. The molecule has 0 atom stereocenters. The summed E-state index contributed by atoms with van der Waals surface area (Å²) < 4.78 is 9.86. The number of esters is 1. The van der Waals surface area contributed by atoms with Crippen molar-refractivity contribution in [3.8, 4) is 0 Å². The van der Waals surface area contributed by atoms with Crippen molar-refractivity contribution in [2.45, 2.75) is 20.8 Å². The van der Waals surface area contributed by atoms with Crippen LogP contribution in [0.25, 0.3) is 6.08 Å². The summed E-state index contributed by atoms with van der Waals surface area (Å²) in [6, 6.07) is 1.44. The standard InChI is InChI=1S/C12H15NO5/c1-7(2)11(13(15)16)6-9-5-10(8(3)18-9)12(14)17-4/h5-7H,1-4H3/b11-6-. The summed E-state index contributed by atoms with van der Waals surface area (Å²) >= 11 is 0. The second-order valence-corrected chi connectivity index (χ2v) is 4.09. The molecule has 18 heavy (non-hydrogen) atoms. The highest BCUT2D eigenvalue weighted by atomic mass is 16.6. The van der Waals surface area contributed by atoms with Crippen LogP contribution in [0.2, 0.25) is 0 Å². The first-order valence-corrected chi connectivity index (χ1v) is 5.41. The molecule has 0 aromatic carbocycles. The monoisotopic (exact) mass is 253 g/mol. The minimum atomic E-state index is -0.525. The van der Waals surface area contributed by atoms with E-state index in [0.29, 0.717) is 5.76 Å². The zero-order valence-corrected chi connectivity index (χ0v) is 10.7. The number of aryl methyl sites for hydroxylation is 1. The van der Waals surface area contributed by atoms with Crippen LogP contribution < -0.4 is 0 Å². The van der Waals surface area contributed by atoms with Crippen LogP contribution in [0.15, 0.2) is 16.2 Å². The van der Waals surface area contributed by atoms with Gasteiger partial charge in [0.1, 0.15) is 17.1 Å². The lowest BCUT2D eigenvalue weighted by atomic mass is 10.1. The lowest BCUT2D eigenvalue weighted by Crippen LogP contribution is -2.05. The normalized spacial score (nSPS) is 11.7. The van der Waals surface area contributed by atoms with Crippen LogP contribution in [0.5, 0.6) is 0 Å². The van der Waals surface area contributed by atoms with Crippen LogP contribution >= 0.6 is 0 Å². The average Bonchev–Trinajstić information content (AvgIpc) is 2.65. The molecule has 0 aliphatic heterocycles. The van der Waals surface area contributed by atoms with E-state index >= 15 is 0 Å². The lowest BCUT2D eigenvalue weighted by molar-refractivity contribution is -0.431. The smallest absolute Gasteiger partial charge is 0.341 e. The summed E-state index contributed by atoms with van der Waals surface area (Å²) in [5.74, 6) is -0.122. The molecule has 0 radical (unpaired) electrons. The molecule has 98 valence electrons. The molecule has 0 fully saturated rings. The molecule has 6 nitrogen and oxygen atoms in total. The van der Waals surface area contributed by atoms with Crippen molar-refractivity contribution in [3.63, 3.8) is 0 Å². The van der Waals surface area contributed by atoms with Gasteiger partial charge in [-0.05, 0) is 13.0 Å². The largest absolute Gasteiger partial charge is 0.465 e. The number of carbonyl (C=O) groups excluding carboxylic acids is 1. The first-order chi connectivity index (χ1) is 8.36. The van der Waals surface area contributed by atoms with E-state index in [1.807, 2.05) is 0 Å². The molecule has 0 aliphatic carbocycles. The number of rotatable bonds is 4. The van der Waals surface area contributed by atoms with Gasteiger partial charge in [-0.15, -0.1) is 0 Å². The lowest BCUT2D eigenvalue weighted by Gasteiger charge is -1.99. The highest BCUT2D eigenvalue weighted by molar-refractivity contribution is 5.91. The number of ether oxygens (including phenoxy) is 1. The van der Waals surface area contributed by atoms with Crippen LogP contribution in [0.3, 0.4) is 0 Å². The minimum absolute atomic E-state index is 0.0279. The van der Waals surface area contributed by atoms with Gasteiger partial charge in [0, 0.05) is 5.92 Å². The molecule has 0 saturated heterocycles. The third kappa shape index (κ3) is 2.97. The predicted molar refractivity (Wildman–Crippen MR) is 64.6 cm³/mol. The maximum Gasteiger partial charge on any atom is 0.341 e. The Bertz CT molecular complexity index is 499. The average molecular weight is 253 g/mol. The Hall–Kier alpha value is -2.11. The first-order valence-electron chi connectivity index (χ1n) is 5.41. The molecule has 1 rings (SSSR count). The Kier molecular flexibility index (Phi) is 4.25. The summed E-state index contributed by atoms with van der Waals surface area (Å²) in [5.41, 5.74) is 0.301. The molecular weight excluding hydrogens is 238 g/mol. The second-order valence-electron chi connectivity index (χ2n) is 4.09. The summed E-state index contributed by atoms with van der Waals surface area (Å²) in [4.78, 5) is 21.7. The molecule has 0 spiro atoms. The van der Waals surface area contributed by atoms with Gasteiger partial charge in [-0.25, -0.2) is 4.79 Å². The van der Waals surface area contributed by atoms with Crippen molar-refractivity contribution < 1.29 is 18.9 Å². The number of furan rings is 1. The van der Waals surface area contributed by atoms with Gasteiger partial charge >= 0.3 is 5.97 Å². The molecule has 6 heteroatoms. The van der Waals surface area contributed by atoms with Gasteiger partial charge in [0.2, 0.25) is 0 Å². The summed E-state index contributed by atoms with van der Waals surface area (Å²) in [6.45, 7) is 5.03. The van der Waals surface area contributed by atoms with Gasteiger partial charge in [-0.1, -0.05) is 13.8 Å². The van der Waals surface area contributed by atoms with Crippen molar-refractivity contribution in [1.29, 1.82) is 0 Å². The fourth-order valence-electron chi connectivity index (χ4n) is 1.46. The summed E-state index contributed by atoms with van der Waals surface area (Å²) in [6.07, 6.45) is 1.32. The predicted octanol–water partition coefficient (Wildman–Crippen LogP) is 2.65. The third-order valence-electron chi connectivity index (χ3n) is 2.43. The molecule has 0 bridgehead atoms. The summed E-state index contributed by atoms with van der Waals surface area (Å²) in [5, 5.41) is 10.8. The van der Waals surface area contributed by atoms with Crippen molar-refractivity contribution in [2.75, 3.05) is 7.11 Å². The second kappa shape index (κ2) is 5.48. The number of methoxy groups -OCH3 is 1. The Balaban J connectivity index is 3.15. The Morgan fingerprint density at radius 3 is 2.61 bits per heavy atom. The van der Waals surface area contributed by atoms with Gasteiger partial charge in [-0.3, -0.25) is 10.1 Å². The SMILES string of the molecule is COC(=O)c1cc(/C=C(/C(C)C)[N+](=O)[O-])oc1C. The van der Waals surface area contributed by atoms with Gasteiger partial charge in [0.15, 0.2) is 0 Å². The zero-order valence-electron chi connectivity index (χ0n) is 10.7. The Labute approximate surface area is 104 Å². The number of hydrogen-bond donors (Lipinski definition) is 0. The molecule has 1 aromatic rings. The van der Waals surface area contributed by atoms with Crippen molar-refractivity contribution in [1.82, 2.24) is 0 Å². The summed E-state index contributed by atoms with van der Waals surface area (Å²) in [7, 11) is 1.26. The highest BCUT2D eigenvalue weighted by Gasteiger charge is 2.19. The van der Waals surface area contributed by atoms with E-state index in [9.17, 15) is 14.9 Å². The van der Waals surface area contributed by atoms with Crippen LogP contribution in [0.4, 0.5) is 0 Å². The van der Waals surface area contributed by atoms with E-state index in [-0.39, 0.29) is 22.9 Å². The minimum Gasteiger partial charge on any atom is -0.465 e. The van der Waals surface area contributed by atoms with Crippen LogP contribution in [-0.4, -0.2) is 18.0 Å². The van der Waals surface area contributed by atoms with Gasteiger partial charge in [0.25, 0.3) is 5.70 Å². The van der Waals surface area contributed by atoms with E-state index in [2.05, 4.69) is 4.74 Å².